The zero-order valence-electron chi connectivity index (χ0n) is 22.0. The van der Waals surface area contributed by atoms with E-state index >= 15 is 0 Å². The average Bonchev–Trinajstić information content (AvgIpc) is 3.57. The Bertz CT molecular complexity index is 1570. The van der Waals surface area contributed by atoms with Gasteiger partial charge in [-0.1, -0.05) is 11.6 Å². The minimum absolute atomic E-state index is 0.00596. The summed E-state index contributed by atoms with van der Waals surface area (Å²) in [4.78, 5) is 35.5. The van der Waals surface area contributed by atoms with E-state index < -0.39 is 0 Å². The molecule has 0 unspecified atom stereocenters. The molecule has 0 saturated heterocycles. The molecule has 0 radical (unpaired) electrons. The molecule has 1 aliphatic heterocycles. The van der Waals surface area contributed by atoms with Crippen LogP contribution in [0.1, 0.15) is 42.7 Å². The topological polar surface area (TPSA) is 114 Å². The normalized spacial score (nSPS) is 12.4. The lowest BCUT2D eigenvalue weighted by Crippen LogP contribution is -2.25. The number of nitrogens with one attached hydrogen (secondary N) is 2. The molecule has 2 aromatic carbocycles. The van der Waals surface area contributed by atoms with E-state index in [1.165, 1.54) is 13.3 Å². The summed E-state index contributed by atoms with van der Waals surface area (Å²) in [6, 6.07) is 10.9. The molecule has 0 bridgehead atoms. The third-order valence-corrected chi connectivity index (χ3v) is 6.74. The van der Waals surface area contributed by atoms with E-state index in [0.717, 1.165) is 23.2 Å². The predicted octanol–water partition coefficient (Wildman–Crippen LogP) is 5.49. The smallest absolute Gasteiger partial charge is 0.259 e. The van der Waals surface area contributed by atoms with Gasteiger partial charge in [0, 0.05) is 54.4 Å². The van der Waals surface area contributed by atoms with Gasteiger partial charge in [-0.05, 0) is 56.2 Å². The maximum atomic E-state index is 13.1. The quantitative estimate of drug-likeness (QED) is 0.315. The number of hydrogen-bond acceptors (Lipinski definition) is 7. The van der Waals surface area contributed by atoms with Crippen LogP contribution in [0.15, 0.2) is 55.0 Å². The highest BCUT2D eigenvalue weighted by molar-refractivity contribution is 6.32. The first-order valence-electron chi connectivity index (χ1n) is 12.5. The van der Waals surface area contributed by atoms with Gasteiger partial charge in [0.1, 0.15) is 5.75 Å². The minimum atomic E-state index is -0.313. The molecule has 3 heterocycles. The van der Waals surface area contributed by atoms with Gasteiger partial charge in [0.2, 0.25) is 11.9 Å². The Morgan fingerprint density at radius 2 is 1.90 bits per heavy atom. The van der Waals surface area contributed by atoms with E-state index in [1.54, 1.807) is 42.3 Å². The van der Waals surface area contributed by atoms with Crippen molar-refractivity contribution in [3.8, 4) is 17.0 Å². The number of carbonyl (C=O) groups excluding carboxylic acids is 2. The largest absolute Gasteiger partial charge is 0.496 e. The van der Waals surface area contributed by atoms with Crippen LogP contribution in [-0.2, 0) is 11.2 Å². The van der Waals surface area contributed by atoms with Gasteiger partial charge in [0.25, 0.3) is 5.91 Å². The molecule has 4 aromatic rings. The molecule has 2 N–H and O–H groups in total. The van der Waals surface area contributed by atoms with Crippen LogP contribution < -0.4 is 20.3 Å². The lowest BCUT2D eigenvalue weighted by atomic mass is 10.1. The Balaban J connectivity index is 1.33. The molecule has 0 fully saturated rings. The molecule has 5 rings (SSSR count). The SMILES string of the molecule is COc1cc(Nc2ncc(Cl)c(-c3cnn(C(C)C)c3)n2)ccc1C(=O)Nc1ccc2c(c1)CCN2C(C)=O. The second-order valence-corrected chi connectivity index (χ2v) is 9.86. The van der Waals surface area contributed by atoms with Crippen molar-refractivity contribution >= 4 is 46.4 Å². The molecule has 2 amide bonds. The third-order valence-electron chi connectivity index (χ3n) is 6.46. The summed E-state index contributed by atoms with van der Waals surface area (Å²) in [6.07, 6.45) is 5.88. The van der Waals surface area contributed by atoms with Gasteiger partial charge in [-0.2, -0.15) is 5.10 Å². The molecule has 0 aliphatic carbocycles. The number of aromatic nitrogens is 4. The number of fused-ring (bicyclic) bond motifs is 1. The molecule has 0 atom stereocenters. The van der Waals surface area contributed by atoms with Gasteiger partial charge in [0.05, 0.1) is 35.8 Å². The van der Waals surface area contributed by atoms with Crippen LogP contribution in [0, 0.1) is 0 Å². The number of carbonyl (C=O) groups is 2. The van der Waals surface area contributed by atoms with Crippen molar-refractivity contribution in [1.82, 2.24) is 19.7 Å². The second kappa shape index (κ2) is 10.7. The van der Waals surface area contributed by atoms with Crippen LogP contribution >= 0.6 is 11.6 Å². The van der Waals surface area contributed by atoms with Gasteiger partial charge in [0.15, 0.2) is 0 Å². The lowest BCUT2D eigenvalue weighted by Gasteiger charge is -2.15. The van der Waals surface area contributed by atoms with E-state index in [9.17, 15) is 9.59 Å². The first-order valence-corrected chi connectivity index (χ1v) is 12.9. The number of nitrogens with zero attached hydrogens (tertiary/aromatic N) is 5. The highest BCUT2D eigenvalue weighted by Crippen LogP contribution is 2.32. The Kier molecular flexibility index (Phi) is 7.21. The zero-order valence-corrected chi connectivity index (χ0v) is 22.8. The second-order valence-electron chi connectivity index (χ2n) is 9.45. The van der Waals surface area contributed by atoms with Crippen molar-refractivity contribution in [3.05, 3.63) is 71.1 Å². The fourth-order valence-corrected chi connectivity index (χ4v) is 4.66. The van der Waals surface area contributed by atoms with Crippen LogP contribution in [0.5, 0.6) is 5.75 Å². The summed E-state index contributed by atoms with van der Waals surface area (Å²) >= 11 is 6.37. The van der Waals surface area contributed by atoms with E-state index in [-0.39, 0.29) is 17.9 Å². The highest BCUT2D eigenvalue weighted by Gasteiger charge is 2.23. The van der Waals surface area contributed by atoms with E-state index in [4.69, 9.17) is 16.3 Å². The standard InChI is InChI=1S/C28H28ClN7O3/c1-16(2)36-15-19(13-31-36)26-23(29)14-30-28(34-26)33-21-5-7-22(25(12-21)39-4)27(38)32-20-6-8-24-18(11-20)9-10-35(24)17(3)37/h5-8,11-16H,9-10H2,1-4H3,(H,32,38)(H,30,33,34). The Hall–Kier alpha value is -4.44. The van der Waals surface area contributed by atoms with Crippen molar-refractivity contribution in [2.24, 2.45) is 0 Å². The van der Waals surface area contributed by atoms with Crippen molar-refractivity contribution in [1.29, 1.82) is 0 Å². The van der Waals surface area contributed by atoms with Crippen molar-refractivity contribution in [2.45, 2.75) is 33.2 Å². The molecule has 1 aliphatic rings. The van der Waals surface area contributed by atoms with E-state index in [2.05, 4.69) is 25.7 Å². The summed E-state index contributed by atoms with van der Waals surface area (Å²) in [7, 11) is 1.50. The van der Waals surface area contributed by atoms with Crippen LogP contribution in [0.3, 0.4) is 0 Å². The Morgan fingerprint density at radius 3 is 2.62 bits per heavy atom. The number of hydrogen-bond donors (Lipinski definition) is 2. The van der Waals surface area contributed by atoms with Crippen LogP contribution in [0.4, 0.5) is 23.0 Å². The lowest BCUT2D eigenvalue weighted by molar-refractivity contribution is -0.116. The minimum Gasteiger partial charge on any atom is -0.496 e. The highest BCUT2D eigenvalue weighted by atomic mass is 35.5. The molecule has 10 nitrogen and oxygen atoms in total. The molecule has 200 valence electrons. The van der Waals surface area contributed by atoms with Crippen molar-refractivity contribution in [3.63, 3.8) is 0 Å². The first kappa shape index (κ1) is 26.2. The number of rotatable bonds is 7. The monoisotopic (exact) mass is 545 g/mol. The maximum Gasteiger partial charge on any atom is 0.259 e. The number of anilines is 4. The Labute approximate surface area is 231 Å². The van der Waals surface area contributed by atoms with Crippen LogP contribution in [-0.4, -0.2) is 45.2 Å². The Morgan fingerprint density at radius 1 is 1.10 bits per heavy atom. The molecule has 0 saturated carbocycles. The zero-order chi connectivity index (χ0) is 27.7. The van der Waals surface area contributed by atoms with Gasteiger partial charge in [-0.25, -0.2) is 9.97 Å². The molecule has 11 heteroatoms. The summed E-state index contributed by atoms with van der Waals surface area (Å²) in [5, 5.41) is 10.8. The number of ether oxygens (including phenoxy) is 1. The number of amides is 2. The fraction of sp³-hybridized carbons (Fsp3) is 0.250. The van der Waals surface area contributed by atoms with Crippen LogP contribution in [0.2, 0.25) is 5.02 Å². The predicted molar refractivity (Wildman–Crippen MR) is 151 cm³/mol. The summed E-state index contributed by atoms with van der Waals surface area (Å²) in [5.41, 5.74) is 4.90. The summed E-state index contributed by atoms with van der Waals surface area (Å²) < 4.78 is 7.35. The summed E-state index contributed by atoms with van der Waals surface area (Å²) in [5.74, 6) is 0.413. The molecular weight excluding hydrogens is 518 g/mol. The van der Waals surface area contributed by atoms with Crippen LogP contribution in [0.25, 0.3) is 11.3 Å². The van der Waals surface area contributed by atoms with Crippen molar-refractivity contribution < 1.29 is 14.3 Å². The fourth-order valence-electron chi connectivity index (χ4n) is 4.46. The van der Waals surface area contributed by atoms with Crippen molar-refractivity contribution in [2.75, 3.05) is 29.2 Å². The first-order chi connectivity index (χ1) is 18.7. The van der Waals surface area contributed by atoms with Gasteiger partial charge < -0.3 is 20.3 Å². The maximum absolute atomic E-state index is 13.1. The molecule has 39 heavy (non-hydrogen) atoms. The van der Waals surface area contributed by atoms with Gasteiger partial charge in [-0.15, -0.1) is 0 Å². The van der Waals surface area contributed by atoms with Gasteiger partial charge in [-0.3, -0.25) is 14.3 Å². The number of benzene rings is 2. The number of halogens is 1. The average molecular weight is 546 g/mol. The molecule has 0 spiro atoms. The molecular formula is C28H28ClN7O3. The van der Waals surface area contributed by atoms with E-state index in [1.807, 2.05) is 36.9 Å². The number of methoxy groups -OCH3 is 1. The third kappa shape index (κ3) is 5.42. The van der Waals surface area contributed by atoms with Gasteiger partial charge >= 0.3 is 0 Å². The van der Waals surface area contributed by atoms with E-state index in [0.29, 0.717) is 45.9 Å². The summed E-state index contributed by atoms with van der Waals surface area (Å²) in [6.45, 7) is 6.27. The molecule has 2 aromatic heterocycles.